The Labute approximate surface area is 137 Å². The standard InChI is InChI=1S/C17H17F3N2O2/c1-2-24-16(23)12-6-7-14(21)15(9-12)22-10-11-4-3-5-13(8-11)17(18,19)20/h3-9,22H,2,10,21H2,1H3. The van der Waals surface area contributed by atoms with Gasteiger partial charge in [-0.1, -0.05) is 12.1 Å². The maximum Gasteiger partial charge on any atom is 0.416 e. The first kappa shape index (κ1) is 17.7. The van der Waals surface area contributed by atoms with Gasteiger partial charge in [-0.3, -0.25) is 0 Å². The molecule has 0 aromatic heterocycles. The SMILES string of the molecule is CCOC(=O)c1ccc(N)c(NCc2cccc(C(F)(F)F)c2)c1. The summed E-state index contributed by atoms with van der Waals surface area (Å²) in [6.07, 6.45) is -4.39. The van der Waals surface area contributed by atoms with Crippen LogP contribution in [-0.2, 0) is 17.5 Å². The van der Waals surface area contributed by atoms with Gasteiger partial charge < -0.3 is 15.8 Å². The smallest absolute Gasteiger partial charge is 0.416 e. The van der Waals surface area contributed by atoms with E-state index in [1.54, 1.807) is 19.1 Å². The lowest BCUT2D eigenvalue weighted by Crippen LogP contribution is -2.09. The van der Waals surface area contributed by atoms with Gasteiger partial charge >= 0.3 is 12.1 Å². The van der Waals surface area contributed by atoms with E-state index in [-0.39, 0.29) is 13.2 Å². The van der Waals surface area contributed by atoms with Gasteiger partial charge in [0.2, 0.25) is 0 Å². The number of nitrogens with two attached hydrogens (primary N) is 1. The number of halogens is 3. The maximum absolute atomic E-state index is 12.7. The predicted molar refractivity (Wildman–Crippen MR) is 85.6 cm³/mol. The van der Waals surface area contributed by atoms with Gasteiger partial charge in [0.05, 0.1) is 29.1 Å². The van der Waals surface area contributed by atoms with Crippen LogP contribution in [0, 0.1) is 0 Å². The van der Waals surface area contributed by atoms with Crippen molar-refractivity contribution in [2.45, 2.75) is 19.6 Å². The van der Waals surface area contributed by atoms with Crippen molar-refractivity contribution in [2.75, 3.05) is 17.7 Å². The summed E-state index contributed by atoms with van der Waals surface area (Å²) in [6.45, 7) is 2.08. The Morgan fingerprint density at radius 1 is 1.21 bits per heavy atom. The summed E-state index contributed by atoms with van der Waals surface area (Å²) in [4.78, 5) is 11.7. The van der Waals surface area contributed by atoms with Gasteiger partial charge in [-0.2, -0.15) is 13.2 Å². The number of carbonyl (C=O) groups is 1. The number of ether oxygens (including phenoxy) is 1. The number of nitrogens with one attached hydrogen (secondary N) is 1. The average Bonchev–Trinajstić information content (AvgIpc) is 2.54. The minimum Gasteiger partial charge on any atom is -0.462 e. The Morgan fingerprint density at radius 3 is 2.62 bits per heavy atom. The van der Waals surface area contributed by atoms with Gasteiger partial charge in [0, 0.05) is 6.54 Å². The van der Waals surface area contributed by atoms with Crippen LogP contribution in [0.15, 0.2) is 42.5 Å². The van der Waals surface area contributed by atoms with Gasteiger partial charge in [-0.15, -0.1) is 0 Å². The Morgan fingerprint density at radius 2 is 1.96 bits per heavy atom. The minimum absolute atomic E-state index is 0.139. The minimum atomic E-state index is -4.39. The Balaban J connectivity index is 2.14. The van der Waals surface area contributed by atoms with E-state index in [4.69, 9.17) is 10.5 Å². The van der Waals surface area contributed by atoms with E-state index in [0.717, 1.165) is 12.1 Å². The van der Waals surface area contributed by atoms with Crippen molar-refractivity contribution < 1.29 is 22.7 Å². The molecule has 0 aliphatic carbocycles. The second-order valence-electron chi connectivity index (χ2n) is 5.07. The first-order valence-corrected chi connectivity index (χ1v) is 7.28. The lowest BCUT2D eigenvalue weighted by molar-refractivity contribution is -0.137. The van der Waals surface area contributed by atoms with Crippen molar-refractivity contribution in [2.24, 2.45) is 0 Å². The fraction of sp³-hybridized carbons (Fsp3) is 0.235. The summed E-state index contributed by atoms with van der Waals surface area (Å²) in [5, 5.41) is 2.95. The highest BCUT2D eigenvalue weighted by Crippen LogP contribution is 2.30. The molecule has 128 valence electrons. The van der Waals surface area contributed by atoms with Crippen LogP contribution >= 0.6 is 0 Å². The van der Waals surface area contributed by atoms with Crippen molar-refractivity contribution in [3.05, 3.63) is 59.2 Å². The third-order valence-electron chi connectivity index (χ3n) is 3.30. The van der Waals surface area contributed by atoms with Gasteiger partial charge in [-0.05, 0) is 42.8 Å². The highest BCUT2D eigenvalue weighted by Gasteiger charge is 2.30. The number of nitrogen functional groups attached to an aromatic ring is 1. The molecule has 2 rings (SSSR count). The molecule has 0 heterocycles. The quantitative estimate of drug-likeness (QED) is 0.637. The molecule has 0 atom stereocenters. The lowest BCUT2D eigenvalue weighted by Gasteiger charge is -2.13. The third kappa shape index (κ3) is 4.41. The molecule has 2 aromatic carbocycles. The zero-order chi connectivity index (χ0) is 17.7. The number of esters is 1. The molecule has 0 bridgehead atoms. The van der Waals surface area contributed by atoms with Gasteiger partial charge in [0.15, 0.2) is 0 Å². The van der Waals surface area contributed by atoms with Gasteiger partial charge in [-0.25, -0.2) is 4.79 Å². The third-order valence-corrected chi connectivity index (χ3v) is 3.30. The molecule has 4 nitrogen and oxygen atoms in total. The van der Waals surface area contributed by atoms with Crippen LogP contribution in [-0.4, -0.2) is 12.6 Å². The molecule has 0 spiro atoms. The number of rotatable bonds is 5. The van der Waals surface area contributed by atoms with Crippen molar-refractivity contribution in [1.82, 2.24) is 0 Å². The maximum atomic E-state index is 12.7. The molecule has 0 aliphatic heterocycles. The summed E-state index contributed by atoms with van der Waals surface area (Å²) in [6, 6.07) is 9.59. The van der Waals surface area contributed by atoms with Crippen LogP contribution in [0.1, 0.15) is 28.4 Å². The number of hydrogen-bond acceptors (Lipinski definition) is 4. The molecular weight excluding hydrogens is 321 g/mol. The summed E-state index contributed by atoms with van der Waals surface area (Å²) >= 11 is 0. The largest absolute Gasteiger partial charge is 0.462 e. The normalized spacial score (nSPS) is 11.2. The summed E-state index contributed by atoms with van der Waals surface area (Å²) in [5.41, 5.74) is 6.73. The molecule has 0 unspecified atom stereocenters. The Hall–Kier alpha value is -2.70. The van der Waals surface area contributed by atoms with Gasteiger partial charge in [0.1, 0.15) is 0 Å². The van der Waals surface area contributed by atoms with Crippen molar-refractivity contribution >= 4 is 17.3 Å². The van der Waals surface area contributed by atoms with Gasteiger partial charge in [0.25, 0.3) is 0 Å². The number of hydrogen-bond donors (Lipinski definition) is 2. The monoisotopic (exact) mass is 338 g/mol. The predicted octanol–water partition coefficient (Wildman–Crippen LogP) is 4.08. The summed E-state index contributed by atoms with van der Waals surface area (Å²) < 4.78 is 43.1. The zero-order valence-corrected chi connectivity index (χ0v) is 13.0. The van der Waals surface area contributed by atoms with Crippen LogP contribution < -0.4 is 11.1 Å². The molecule has 2 aromatic rings. The van der Waals surface area contributed by atoms with E-state index in [9.17, 15) is 18.0 Å². The molecular formula is C17H17F3N2O2. The van der Waals surface area contributed by atoms with E-state index in [2.05, 4.69) is 5.32 Å². The van der Waals surface area contributed by atoms with Crippen LogP contribution in [0.3, 0.4) is 0 Å². The topological polar surface area (TPSA) is 64.3 Å². The van der Waals surface area contributed by atoms with Crippen LogP contribution in [0.2, 0.25) is 0 Å². The summed E-state index contributed by atoms with van der Waals surface area (Å²) in [7, 11) is 0. The summed E-state index contributed by atoms with van der Waals surface area (Å²) in [5.74, 6) is -0.486. The molecule has 0 radical (unpaired) electrons. The highest BCUT2D eigenvalue weighted by molar-refractivity contribution is 5.92. The zero-order valence-electron chi connectivity index (χ0n) is 13.0. The van der Waals surface area contributed by atoms with Crippen LogP contribution in [0.5, 0.6) is 0 Å². The van der Waals surface area contributed by atoms with E-state index < -0.39 is 17.7 Å². The number of carbonyl (C=O) groups excluding carboxylic acids is 1. The van der Waals surface area contributed by atoms with E-state index in [1.165, 1.54) is 18.2 Å². The number of alkyl halides is 3. The molecule has 0 fully saturated rings. The fourth-order valence-electron chi connectivity index (χ4n) is 2.11. The van der Waals surface area contributed by atoms with E-state index in [1.807, 2.05) is 0 Å². The molecule has 0 amide bonds. The lowest BCUT2D eigenvalue weighted by atomic mass is 10.1. The second kappa shape index (κ2) is 7.25. The molecule has 0 aliphatic rings. The molecule has 7 heteroatoms. The molecule has 3 N–H and O–H groups in total. The Bertz CT molecular complexity index is 730. The first-order chi connectivity index (χ1) is 11.3. The van der Waals surface area contributed by atoms with Crippen molar-refractivity contribution in [3.63, 3.8) is 0 Å². The first-order valence-electron chi connectivity index (χ1n) is 7.28. The van der Waals surface area contributed by atoms with Crippen LogP contribution in [0.25, 0.3) is 0 Å². The van der Waals surface area contributed by atoms with E-state index in [0.29, 0.717) is 22.5 Å². The number of benzene rings is 2. The average molecular weight is 338 g/mol. The molecule has 0 saturated heterocycles. The van der Waals surface area contributed by atoms with Crippen molar-refractivity contribution in [1.29, 1.82) is 0 Å². The van der Waals surface area contributed by atoms with Crippen LogP contribution in [0.4, 0.5) is 24.5 Å². The second-order valence-corrected chi connectivity index (χ2v) is 5.07. The fourth-order valence-corrected chi connectivity index (χ4v) is 2.11. The molecule has 0 saturated carbocycles. The number of anilines is 2. The van der Waals surface area contributed by atoms with Crippen molar-refractivity contribution in [3.8, 4) is 0 Å². The Kier molecular flexibility index (Phi) is 5.33. The van der Waals surface area contributed by atoms with E-state index >= 15 is 0 Å². The molecule has 24 heavy (non-hydrogen) atoms. The highest BCUT2D eigenvalue weighted by atomic mass is 19.4.